The van der Waals surface area contributed by atoms with Crippen molar-refractivity contribution in [3.05, 3.63) is 87.7 Å². The van der Waals surface area contributed by atoms with Crippen LogP contribution >= 0.6 is 23.2 Å². The van der Waals surface area contributed by atoms with Crippen LogP contribution in [0.4, 0.5) is 5.69 Å². The van der Waals surface area contributed by atoms with Gasteiger partial charge in [0, 0.05) is 50.5 Å². The lowest BCUT2D eigenvalue weighted by molar-refractivity contribution is 0.0958. The molecule has 4 rings (SSSR count). The summed E-state index contributed by atoms with van der Waals surface area (Å²) in [5, 5.41) is 13.0. The van der Waals surface area contributed by atoms with E-state index in [1.807, 2.05) is 30.3 Å². The van der Waals surface area contributed by atoms with Gasteiger partial charge in [-0.25, -0.2) is 0 Å². The van der Waals surface area contributed by atoms with E-state index in [0.717, 1.165) is 43.0 Å². The molecule has 1 saturated heterocycles. The van der Waals surface area contributed by atoms with Crippen LogP contribution in [-0.2, 0) is 0 Å². The zero-order valence-corrected chi connectivity index (χ0v) is 22.5. The molecule has 9 heteroatoms. The fourth-order valence-corrected chi connectivity index (χ4v) is 5.09. The number of carbonyl (C=O) groups is 1. The van der Waals surface area contributed by atoms with Gasteiger partial charge in [-0.15, -0.1) is 0 Å². The number of nitrogens with zero attached hydrogens (tertiary/aromatic N) is 3. The normalized spacial score (nSPS) is 16.9. The summed E-state index contributed by atoms with van der Waals surface area (Å²) in [6.07, 6.45) is 1.79. The molecule has 1 aromatic heterocycles. The number of carbonyl (C=O) groups excluding carboxylic acids is 1. The van der Waals surface area contributed by atoms with E-state index in [1.165, 1.54) is 0 Å². The lowest BCUT2D eigenvalue weighted by atomic mass is 9.98. The summed E-state index contributed by atoms with van der Waals surface area (Å²) in [5.74, 6) is 0.692. The van der Waals surface area contributed by atoms with Crippen LogP contribution in [0.1, 0.15) is 40.5 Å². The summed E-state index contributed by atoms with van der Waals surface area (Å²) in [5.41, 5.74) is 3.62. The van der Waals surface area contributed by atoms with Gasteiger partial charge in [-0.3, -0.25) is 14.7 Å². The highest BCUT2D eigenvalue weighted by Crippen LogP contribution is 2.37. The first kappa shape index (κ1) is 27.2. The molecule has 2 heterocycles. The standard InChI is InChI=1S/C28H32Cl2N4O3/c1-19(21-5-9-25(32-16-21)28(36)31-2)17-33-11-12-34(27(18-33)20-3-6-22(29)7-4-20)26-10-8-23(15-24(26)30)37-14-13-35/h3-10,15-16,19,27,35H,11-14,17-18H2,1-2H3,(H,31,36)/t19-,27-/m0/s1. The number of benzene rings is 2. The summed E-state index contributed by atoms with van der Waals surface area (Å²) in [6.45, 7) is 5.70. The first-order chi connectivity index (χ1) is 17.9. The van der Waals surface area contributed by atoms with Gasteiger partial charge in [-0.05, 0) is 47.4 Å². The number of aliphatic hydroxyl groups excluding tert-OH is 1. The van der Waals surface area contributed by atoms with Crippen molar-refractivity contribution in [3.63, 3.8) is 0 Å². The molecular formula is C28H32Cl2N4O3. The van der Waals surface area contributed by atoms with Gasteiger partial charge < -0.3 is 20.1 Å². The van der Waals surface area contributed by atoms with Crippen LogP contribution in [0.15, 0.2) is 60.8 Å². The summed E-state index contributed by atoms with van der Waals surface area (Å²) in [7, 11) is 1.60. The Kier molecular flexibility index (Phi) is 9.27. The summed E-state index contributed by atoms with van der Waals surface area (Å²) in [6, 6.07) is 17.5. The van der Waals surface area contributed by atoms with Gasteiger partial charge in [-0.1, -0.05) is 48.3 Å². The Morgan fingerprint density at radius 3 is 2.59 bits per heavy atom. The van der Waals surface area contributed by atoms with E-state index in [9.17, 15) is 4.79 Å². The number of piperazine rings is 1. The van der Waals surface area contributed by atoms with E-state index in [1.54, 1.807) is 25.4 Å². The predicted molar refractivity (Wildman–Crippen MR) is 148 cm³/mol. The molecule has 0 aliphatic carbocycles. The molecule has 0 unspecified atom stereocenters. The molecule has 2 N–H and O–H groups in total. The smallest absolute Gasteiger partial charge is 0.269 e. The van der Waals surface area contributed by atoms with Crippen LogP contribution in [0.2, 0.25) is 10.0 Å². The number of halogens is 2. The number of aromatic nitrogens is 1. The van der Waals surface area contributed by atoms with Crippen LogP contribution in [0.3, 0.4) is 0 Å². The van der Waals surface area contributed by atoms with E-state index in [2.05, 4.69) is 39.2 Å². The Hall–Kier alpha value is -2.84. The van der Waals surface area contributed by atoms with Crippen LogP contribution in [0.5, 0.6) is 5.75 Å². The minimum atomic E-state index is -0.187. The van der Waals surface area contributed by atoms with Crippen molar-refractivity contribution < 1.29 is 14.6 Å². The molecule has 2 atom stereocenters. The fraction of sp³-hybridized carbons (Fsp3) is 0.357. The molecule has 3 aromatic rings. The second kappa shape index (κ2) is 12.6. The predicted octanol–water partition coefficient (Wildman–Crippen LogP) is 4.79. The fourth-order valence-electron chi connectivity index (χ4n) is 4.69. The first-order valence-corrected chi connectivity index (χ1v) is 13.1. The lowest BCUT2D eigenvalue weighted by Gasteiger charge is -2.44. The van der Waals surface area contributed by atoms with Crippen molar-refractivity contribution in [2.45, 2.75) is 18.9 Å². The zero-order valence-electron chi connectivity index (χ0n) is 21.0. The SMILES string of the molecule is CNC(=O)c1ccc([C@@H](C)CN2CCN(c3ccc(OCCO)cc3Cl)[C@H](c3ccc(Cl)cc3)C2)cn1. The van der Waals surface area contributed by atoms with Crippen molar-refractivity contribution in [1.82, 2.24) is 15.2 Å². The number of hydrogen-bond donors (Lipinski definition) is 2. The maximum absolute atomic E-state index is 11.8. The monoisotopic (exact) mass is 542 g/mol. The summed E-state index contributed by atoms with van der Waals surface area (Å²) in [4.78, 5) is 20.9. The molecule has 0 radical (unpaired) electrons. The van der Waals surface area contributed by atoms with Crippen LogP contribution in [0, 0.1) is 0 Å². The molecule has 0 spiro atoms. The van der Waals surface area contributed by atoms with Crippen LogP contribution in [-0.4, -0.2) is 67.3 Å². The molecule has 37 heavy (non-hydrogen) atoms. The van der Waals surface area contributed by atoms with Gasteiger partial charge in [0.25, 0.3) is 5.91 Å². The van der Waals surface area contributed by atoms with Gasteiger partial charge in [0.2, 0.25) is 0 Å². The molecular weight excluding hydrogens is 511 g/mol. The Morgan fingerprint density at radius 1 is 1.16 bits per heavy atom. The Morgan fingerprint density at radius 2 is 1.95 bits per heavy atom. The van der Waals surface area contributed by atoms with Gasteiger partial charge >= 0.3 is 0 Å². The average Bonchev–Trinajstić information content (AvgIpc) is 2.92. The Bertz CT molecular complexity index is 1190. The maximum atomic E-state index is 11.8. The summed E-state index contributed by atoms with van der Waals surface area (Å²) >= 11 is 12.9. The molecule has 1 fully saturated rings. The highest BCUT2D eigenvalue weighted by Gasteiger charge is 2.30. The third-order valence-corrected chi connectivity index (χ3v) is 7.21. The quantitative estimate of drug-likeness (QED) is 0.405. The molecule has 2 aromatic carbocycles. The van der Waals surface area contributed by atoms with E-state index < -0.39 is 0 Å². The van der Waals surface area contributed by atoms with E-state index >= 15 is 0 Å². The van der Waals surface area contributed by atoms with Gasteiger partial charge in [0.05, 0.1) is 23.4 Å². The van der Waals surface area contributed by atoms with E-state index in [-0.39, 0.29) is 31.1 Å². The molecule has 0 bridgehead atoms. The Labute approximate surface area is 228 Å². The van der Waals surface area contributed by atoms with E-state index in [4.69, 9.17) is 33.0 Å². The van der Waals surface area contributed by atoms with Gasteiger partial charge in [-0.2, -0.15) is 0 Å². The lowest BCUT2D eigenvalue weighted by Crippen LogP contribution is -2.49. The second-order valence-corrected chi connectivity index (χ2v) is 10.0. The number of rotatable bonds is 9. The van der Waals surface area contributed by atoms with Gasteiger partial charge in [0.1, 0.15) is 18.1 Å². The molecule has 7 nitrogen and oxygen atoms in total. The second-order valence-electron chi connectivity index (χ2n) is 9.16. The number of hydrogen-bond acceptors (Lipinski definition) is 6. The van der Waals surface area contributed by atoms with Crippen molar-refractivity contribution in [3.8, 4) is 5.75 Å². The highest BCUT2D eigenvalue weighted by atomic mass is 35.5. The molecule has 1 amide bonds. The topological polar surface area (TPSA) is 77.9 Å². The molecule has 0 saturated carbocycles. The molecule has 1 aliphatic rings. The number of pyridine rings is 1. The minimum absolute atomic E-state index is 0.0489. The van der Waals surface area contributed by atoms with Crippen molar-refractivity contribution >= 4 is 34.8 Å². The number of amides is 1. The zero-order chi connectivity index (χ0) is 26.4. The maximum Gasteiger partial charge on any atom is 0.269 e. The number of anilines is 1. The largest absolute Gasteiger partial charge is 0.491 e. The Balaban J connectivity index is 1.52. The third-order valence-electron chi connectivity index (χ3n) is 6.66. The van der Waals surface area contributed by atoms with Crippen molar-refractivity contribution in [2.24, 2.45) is 0 Å². The first-order valence-electron chi connectivity index (χ1n) is 12.3. The summed E-state index contributed by atoms with van der Waals surface area (Å²) < 4.78 is 5.53. The van der Waals surface area contributed by atoms with E-state index in [0.29, 0.717) is 21.5 Å². The molecule has 1 aliphatic heterocycles. The van der Waals surface area contributed by atoms with Crippen LogP contribution in [0.25, 0.3) is 0 Å². The average molecular weight is 543 g/mol. The number of ether oxygens (including phenoxy) is 1. The number of nitrogens with one attached hydrogen (secondary N) is 1. The van der Waals surface area contributed by atoms with Gasteiger partial charge in [0.15, 0.2) is 0 Å². The number of aliphatic hydroxyl groups is 1. The minimum Gasteiger partial charge on any atom is -0.491 e. The highest BCUT2D eigenvalue weighted by molar-refractivity contribution is 6.33. The van der Waals surface area contributed by atoms with Crippen LogP contribution < -0.4 is 15.0 Å². The van der Waals surface area contributed by atoms with Crippen molar-refractivity contribution in [1.29, 1.82) is 0 Å². The molecule has 196 valence electrons. The third kappa shape index (κ3) is 6.73. The van der Waals surface area contributed by atoms with Crippen molar-refractivity contribution in [2.75, 3.05) is 51.3 Å².